The highest BCUT2D eigenvalue weighted by molar-refractivity contribution is 7.92. The van der Waals surface area contributed by atoms with Gasteiger partial charge in [-0.15, -0.1) is 0 Å². The van der Waals surface area contributed by atoms with Crippen molar-refractivity contribution < 1.29 is 17.9 Å². The molecule has 7 heteroatoms. The summed E-state index contributed by atoms with van der Waals surface area (Å²) in [6.45, 7) is 9.36. The first-order valence-electron chi connectivity index (χ1n) is 10.7. The molecule has 1 atom stereocenters. The lowest BCUT2D eigenvalue weighted by Crippen LogP contribution is -2.51. The molecule has 0 fully saturated rings. The van der Waals surface area contributed by atoms with Gasteiger partial charge in [0.2, 0.25) is 10.0 Å². The predicted molar refractivity (Wildman–Crippen MR) is 124 cm³/mol. The van der Waals surface area contributed by atoms with Gasteiger partial charge in [-0.05, 0) is 87.1 Å². The van der Waals surface area contributed by atoms with E-state index in [0.29, 0.717) is 36.7 Å². The Morgan fingerprint density at radius 2 is 1.87 bits per heavy atom. The van der Waals surface area contributed by atoms with E-state index in [1.54, 1.807) is 12.1 Å². The zero-order valence-corrected chi connectivity index (χ0v) is 19.6. The van der Waals surface area contributed by atoms with Crippen LogP contribution >= 0.6 is 0 Å². The van der Waals surface area contributed by atoms with Crippen LogP contribution in [0.2, 0.25) is 0 Å². The number of fused-ring (bicyclic) bond motifs is 2. The fraction of sp³-hybridized carbons (Fsp3) is 0.458. The van der Waals surface area contributed by atoms with E-state index in [1.165, 1.54) is 10.6 Å². The Morgan fingerprint density at radius 1 is 1.16 bits per heavy atom. The van der Waals surface area contributed by atoms with Crippen LogP contribution in [0.1, 0.15) is 61.5 Å². The van der Waals surface area contributed by atoms with Crippen molar-refractivity contribution in [3.63, 3.8) is 0 Å². The number of ether oxygens (including phenoxy) is 1. The molecule has 0 radical (unpaired) electrons. The normalized spacial score (nSPS) is 19.7. The summed E-state index contributed by atoms with van der Waals surface area (Å²) in [6, 6.07) is 11.3. The van der Waals surface area contributed by atoms with Crippen LogP contribution in [0.4, 0.5) is 11.4 Å². The fourth-order valence-corrected chi connectivity index (χ4v) is 5.98. The zero-order valence-electron chi connectivity index (χ0n) is 18.8. The number of hydrogen-bond donors (Lipinski definition) is 0. The molecule has 2 heterocycles. The second-order valence-electron chi connectivity index (χ2n) is 9.14. The molecule has 31 heavy (non-hydrogen) atoms. The number of rotatable bonds is 4. The predicted octanol–water partition coefficient (Wildman–Crippen LogP) is 4.34. The molecule has 2 aliphatic rings. The number of hydrogen-bond acceptors (Lipinski definition) is 4. The van der Waals surface area contributed by atoms with E-state index >= 15 is 0 Å². The van der Waals surface area contributed by atoms with Gasteiger partial charge in [0, 0.05) is 23.3 Å². The van der Waals surface area contributed by atoms with Gasteiger partial charge in [0.25, 0.3) is 5.91 Å². The van der Waals surface area contributed by atoms with Crippen molar-refractivity contribution in [2.24, 2.45) is 0 Å². The molecule has 0 aliphatic carbocycles. The lowest BCUT2D eigenvalue weighted by Gasteiger charge is -2.46. The molecule has 166 valence electrons. The van der Waals surface area contributed by atoms with E-state index in [1.807, 2.05) is 36.1 Å². The monoisotopic (exact) mass is 442 g/mol. The molecule has 2 aromatic carbocycles. The molecule has 1 unspecified atom stereocenters. The first kappa shape index (κ1) is 21.7. The second-order valence-corrected chi connectivity index (χ2v) is 11.0. The minimum Gasteiger partial charge on any atom is -0.494 e. The third kappa shape index (κ3) is 3.80. The highest BCUT2D eigenvalue weighted by atomic mass is 32.2. The average molecular weight is 443 g/mol. The first-order valence-corrected chi connectivity index (χ1v) is 12.6. The van der Waals surface area contributed by atoms with Crippen LogP contribution < -0.4 is 13.9 Å². The van der Waals surface area contributed by atoms with Gasteiger partial charge >= 0.3 is 0 Å². The van der Waals surface area contributed by atoms with Crippen molar-refractivity contribution in [2.75, 3.05) is 28.6 Å². The van der Waals surface area contributed by atoms with Gasteiger partial charge in [0.05, 0.1) is 18.6 Å². The molecule has 0 spiro atoms. The van der Waals surface area contributed by atoms with Crippen LogP contribution in [0.15, 0.2) is 36.4 Å². The molecule has 2 aromatic rings. The summed E-state index contributed by atoms with van der Waals surface area (Å²) in [5.41, 5.74) is 3.82. The molecule has 2 aliphatic heterocycles. The summed E-state index contributed by atoms with van der Waals surface area (Å²) in [4.78, 5) is 15.6. The molecule has 0 saturated heterocycles. The highest BCUT2D eigenvalue weighted by Gasteiger charge is 2.40. The van der Waals surface area contributed by atoms with E-state index in [9.17, 15) is 13.2 Å². The average Bonchev–Trinajstić information content (AvgIpc) is 3.11. The molecule has 0 aromatic heterocycles. The quantitative estimate of drug-likeness (QED) is 0.706. The maximum atomic E-state index is 13.7. The first-order chi connectivity index (χ1) is 14.5. The van der Waals surface area contributed by atoms with Crippen LogP contribution in [-0.4, -0.2) is 39.3 Å². The largest absolute Gasteiger partial charge is 0.494 e. The number of benzene rings is 2. The van der Waals surface area contributed by atoms with Crippen LogP contribution in [0.5, 0.6) is 5.75 Å². The maximum Gasteiger partial charge on any atom is 0.258 e. The van der Waals surface area contributed by atoms with Gasteiger partial charge in [0.1, 0.15) is 5.75 Å². The van der Waals surface area contributed by atoms with E-state index in [-0.39, 0.29) is 11.4 Å². The zero-order chi connectivity index (χ0) is 22.6. The summed E-state index contributed by atoms with van der Waals surface area (Å²) in [5, 5.41) is 0. The molecule has 0 bridgehead atoms. The van der Waals surface area contributed by atoms with Gasteiger partial charge in [-0.25, -0.2) is 8.42 Å². The van der Waals surface area contributed by atoms with Crippen LogP contribution in [0.3, 0.4) is 0 Å². The van der Waals surface area contributed by atoms with E-state index in [0.717, 1.165) is 29.0 Å². The smallest absolute Gasteiger partial charge is 0.258 e. The Morgan fingerprint density at radius 3 is 2.55 bits per heavy atom. The standard InChI is InChI=1S/C24H30N2O4S/c1-6-30-19-8-10-22-20(14-19)16(2)15-24(3,4)26(22)23(27)18-7-9-21-17(13-18)11-12-25(21)31(5,28)29/h7-10,13-14,16H,6,11-12,15H2,1-5H3. The van der Waals surface area contributed by atoms with Crippen molar-refractivity contribution in [2.45, 2.75) is 52.0 Å². The van der Waals surface area contributed by atoms with Gasteiger partial charge < -0.3 is 9.64 Å². The molecule has 0 saturated carbocycles. The summed E-state index contributed by atoms with van der Waals surface area (Å²) >= 11 is 0. The molecule has 4 rings (SSSR count). The van der Waals surface area contributed by atoms with Crippen LogP contribution in [-0.2, 0) is 16.4 Å². The lowest BCUT2D eigenvalue weighted by molar-refractivity contribution is 0.0953. The molecular weight excluding hydrogens is 412 g/mol. The van der Waals surface area contributed by atoms with Crippen LogP contribution in [0, 0.1) is 0 Å². The Labute approximate surface area is 184 Å². The molecule has 1 amide bonds. The van der Waals surface area contributed by atoms with Gasteiger partial charge in [-0.1, -0.05) is 6.92 Å². The Hall–Kier alpha value is -2.54. The second kappa shape index (κ2) is 7.55. The number of anilines is 2. The third-order valence-electron chi connectivity index (χ3n) is 6.28. The van der Waals surface area contributed by atoms with Crippen molar-refractivity contribution in [3.8, 4) is 5.75 Å². The van der Waals surface area contributed by atoms with Crippen LogP contribution in [0.25, 0.3) is 0 Å². The summed E-state index contributed by atoms with van der Waals surface area (Å²) in [7, 11) is -3.32. The third-order valence-corrected chi connectivity index (χ3v) is 7.46. The van der Waals surface area contributed by atoms with Gasteiger partial charge in [-0.3, -0.25) is 9.10 Å². The lowest BCUT2D eigenvalue weighted by atomic mass is 9.79. The highest BCUT2D eigenvalue weighted by Crippen LogP contribution is 2.45. The van der Waals surface area contributed by atoms with Crippen molar-refractivity contribution in [1.29, 1.82) is 0 Å². The summed E-state index contributed by atoms with van der Waals surface area (Å²) in [5.74, 6) is 1.05. The number of amides is 1. The van der Waals surface area contributed by atoms with Crippen molar-refractivity contribution >= 4 is 27.3 Å². The number of carbonyl (C=O) groups is 1. The van der Waals surface area contributed by atoms with E-state index in [2.05, 4.69) is 20.8 Å². The molecule has 6 nitrogen and oxygen atoms in total. The number of nitrogens with zero attached hydrogens (tertiary/aromatic N) is 2. The van der Waals surface area contributed by atoms with Gasteiger partial charge in [-0.2, -0.15) is 0 Å². The topological polar surface area (TPSA) is 66.9 Å². The number of sulfonamides is 1. The van der Waals surface area contributed by atoms with E-state index in [4.69, 9.17) is 4.74 Å². The molecule has 0 N–H and O–H groups in total. The number of carbonyl (C=O) groups excluding carboxylic acids is 1. The van der Waals surface area contributed by atoms with Gasteiger partial charge in [0.15, 0.2) is 0 Å². The Kier molecular flexibility index (Phi) is 5.28. The van der Waals surface area contributed by atoms with Crippen molar-refractivity contribution in [1.82, 2.24) is 0 Å². The minimum atomic E-state index is -3.32. The van der Waals surface area contributed by atoms with E-state index < -0.39 is 10.0 Å². The van der Waals surface area contributed by atoms with Crippen molar-refractivity contribution in [3.05, 3.63) is 53.1 Å². The Balaban J connectivity index is 1.74. The fourth-order valence-electron chi connectivity index (χ4n) is 5.03. The molecular formula is C24H30N2O4S. The summed E-state index contributed by atoms with van der Waals surface area (Å²) < 4.78 is 31.2. The maximum absolute atomic E-state index is 13.7. The minimum absolute atomic E-state index is 0.0667. The SMILES string of the molecule is CCOc1ccc2c(c1)C(C)CC(C)(C)N2C(=O)c1ccc2c(c1)CCN2S(C)(=O)=O. The Bertz CT molecular complexity index is 1140. The summed E-state index contributed by atoms with van der Waals surface area (Å²) in [6.07, 6.45) is 2.67.